The standard InChI is InChI=1S/C15H23N5O3S/c1-7-20-10-11(18(5)14(23)19(6)12(10)22)16-13(20)24-8-9(21)17-15(2,3)4/h7-8H2,1-6H3,(H,17,21). The molecule has 0 unspecified atom stereocenters. The predicted octanol–water partition coefficient (Wildman–Crippen LogP) is 0.460. The highest BCUT2D eigenvalue weighted by Gasteiger charge is 2.20. The van der Waals surface area contributed by atoms with Gasteiger partial charge in [0.25, 0.3) is 5.56 Å². The van der Waals surface area contributed by atoms with Crippen LogP contribution in [0, 0.1) is 0 Å². The zero-order chi connectivity index (χ0) is 18.2. The van der Waals surface area contributed by atoms with Gasteiger partial charge in [-0.25, -0.2) is 9.78 Å². The molecule has 0 aromatic carbocycles. The first-order chi connectivity index (χ1) is 11.1. The van der Waals surface area contributed by atoms with Crippen LogP contribution in [0.4, 0.5) is 0 Å². The molecule has 0 aliphatic rings. The Hall–Kier alpha value is -2.03. The van der Waals surface area contributed by atoms with E-state index in [1.807, 2.05) is 27.7 Å². The summed E-state index contributed by atoms with van der Waals surface area (Å²) in [5.74, 6) is 0.0819. The van der Waals surface area contributed by atoms with Crippen molar-refractivity contribution < 1.29 is 4.79 Å². The highest BCUT2D eigenvalue weighted by atomic mass is 32.2. The first-order valence-corrected chi connectivity index (χ1v) is 8.65. The topological polar surface area (TPSA) is 90.9 Å². The molecule has 2 aromatic rings. The van der Waals surface area contributed by atoms with Gasteiger partial charge in [-0.3, -0.25) is 18.7 Å². The zero-order valence-corrected chi connectivity index (χ0v) is 15.7. The molecule has 0 spiro atoms. The molecule has 0 radical (unpaired) electrons. The lowest BCUT2D eigenvalue weighted by atomic mass is 10.1. The van der Waals surface area contributed by atoms with Crippen LogP contribution >= 0.6 is 11.8 Å². The third kappa shape index (κ3) is 3.40. The summed E-state index contributed by atoms with van der Waals surface area (Å²) in [5, 5.41) is 3.43. The fourth-order valence-electron chi connectivity index (χ4n) is 2.41. The predicted molar refractivity (Wildman–Crippen MR) is 94.5 cm³/mol. The van der Waals surface area contributed by atoms with Crippen molar-refractivity contribution in [3.05, 3.63) is 20.8 Å². The van der Waals surface area contributed by atoms with Crippen LogP contribution < -0.4 is 16.6 Å². The summed E-state index contributed by atoms with van der Waals surface area (Å²) in [6.45, 7) is 8.15. The first-order valence-electron chi connectivity index (χ1n) is 7.67. The van der Waals surface area contributed by atoms with Crippen LogP contribution in [0.15, 0.2) is 14.7 Å². The molecule has 0 aliphatic heterocycles. The minimum Gasteiger partial charge on any atom is -0.351 e. The molecule has 0 bridgehead atoms. The van der Waals surface area contributed by atoms with E-state index in [9.17, 15) is 14.4 Å². The van der Waals surface area contributed by atoms with Crippen LogP contribution in [0.25, 0.3) is 11.2 Å². The second-order valence-electron chi connectivity index (χ2n) is 6.60. The molecule has 2 heterocycles. The monoisotopic (exact) mass is 353 g/mol. The quantitative estimate of drug-likeness (QED) is 0.807. The number of aryl methyl sites for hydroxylation is 2. The van der Waals surface area contributed by atoms with Gasteiger partial charge in [0, 0.05) is 26.2 Å². The summed E-state index contributed by atoms with van der Waals surface area (Å²) in [6, 6.07) is 0. The van der Waals surface area contributed by atoms with Gasteiger partial charge >= 0.3 is 5.69 Å². The van der Waals surface area contributed by atoms with Crippen molar-refractivity contribution in [2.24, 2.45) is 14.1 Å². The number of hydrogen-bond acceptors (Lipinski definition) is 5. The third-order valence-electron chi connectivity index (χ3n) is 3.48. The summed E-state index contributed by atoms with van der Waals surface area (Å²) >= 11 is 1.25. The van der Waals surface area contributed by atoms with Gasteiger partial charge in [-0.05, 0) is 27.7 Å². The maximum atomic E-state index is 12.4. The summed E-state index contributed by atoms with van der Waals surface area (Å²) in [4.78, 5) is 40.9. The molecule has 2 aromatic heterocycles. The molecular weight excluding hydrogens is 330 g/mol. The van der Waals surface area contributed by atoms with Crippen molar-refractivity contribution in [3.63, 3.8) is 0 Å². The Morgan fingerprint density at radius 1 is 1.21 bits per heavy atom. The number of carbonyl (C=O) groups excluding carboxylic acids is 1. The second-order valence-corrected chi connectivity index (χ2v) is 7.55. The van der Waals surface area contributed by atoms with Gasteiger partial charge < -0.3 is 9.88 Å². The summed E-state index contributed by atoms with van der Waals surface area (Å²) < 4.78 is 4.16. The maximum absolute atomic E-state index is 12.4. The molecule has 8 nitrogen and oxygen atoms in total. The molecule has 24 heavy (non-hydrogen) atoms. The van der Waals surface area contributed by atoms with E-state index in [2.05, 4.69) is 10.3 Å². The number of amides is 1. The number of imidazole rings is 1. The highest BCUT2D eigenvalue weighted by molar-refractivity contribution is 7.99. The van der Waals surface area contributed by atoms with E-state index in [0.29, 0.717) is 22.9 Å². The molecule has 1 N–H and O–H groups in total. The summed E-state index contributed by atoms with van der Waals surface area (Å²) in [5.41, 5.74) is -0.393. The lowest BCUT2D eigenvalue weighted by Crippen LogP contribution is -2.41. The molecule has 9 heteroatoms. The van der Waals surface area contributed by atoms with E-state index in [1.165, 1.54) is 23.4 Å². The minimum absolute atomic E-state index is 0.107. The van der Waals surface area contributed by atoms with Gasteiger partial charge in [-0.1, -0.05) is 11.8 Å². The Balaban J connectivity index is 2.44. The smallest absolute Gasteiger partial charge is 0.332 e. The largest absolute Gasteiger partial charge is 0.351 e. The van der Waals surface area contributed by atoms with Gasteiger partial charge in [0.15, 0.2) is 16.3 Å². The van der Waals surface area contributed by atoms with Gasteiger partial charge in [0.1, 0.15) is 0 Å². The van der Waals surface area contributed by atoms with Crippen LogP contribution in [0.2, 0.25) is 0 Å². The summed E-state index contributed by atoms with van der Waals surface area (Å²) in [6.07, 6.45) is 0. The van der Waals surface area contributed by atoms with Crippen LogP contribution in [-0.2, 0) is 25.4 Å². The Kier molecular flexibility index (Phi) is 4.93. The minimum atomic E-state index is -0.421. The van der Waals surface area contributed by atoms with Crippen molar-refractivity contribution in [2.45, 2.75) is 44.9 Å². The van der Waals surface area contributed by atoms with E-state index in [4.69, 9.17) is 0 Å². The van der Waals surface area contributed by atoms with Crippen LogP contribution in [0.1, 0.15) is 27.7 Å². The van der Waals surface area contributed by atoms with Crippen molar-refractivity contribution in [1.29, 1.82) is 0 Å². The number of nitrogens with one attached hydrogen (secondary N) is 1. The molecule has 1 amide bonds. The molecule has 0 saturated heterocycles. The zero-order valence-electron chi connectivity index (χ0n) is 14.8. The Morgan fingerprint density at radius 3 is 2.38 bits per heavy atom. The maximum Gasteiger partial charge on any atom is 0.332 e. The normalized spacial score (nSPS) is 11.9. The summed E-state index contributed by atoms with van der Waals surface area (Å²) in [7, 11) is 3.03. The molecular formula is C15H23N5O3S. The number of rotatable bonds is 4. The molecule has 0 aliphatic carbocycles. The molecule has 2 rings (SSSR count). The third-order valence-corrected chi connectivity index (χ3v) is 4.45. The van der Waals surface area contributed by atoms with E-state index >= 15 is 0 Å². The van der Waals surface area contributed by atoms with Crippen LogP contribution in [0.3, 0.4) is 0 Å². The Bertz CT molecular complexity index is 901. The Morgan fingerprint density at radius 2 is 1.83 bits per heavy atom. The van der Waals surface area contributed by atoms with E-state index in [1.54, 1.807) is 11.6 Å². The van der Waals surface area contributed by atoms with Crippen molar-refractivity contribution in [1.82, 2.24) is 24.0 Å². The molecule has 0 fully saturated rings. The van der Waals surface area contributed by atoms with Crippen molar-refractivity contribution >= 4 is 28.8 Å². The highest BCUT2D eigenvalue weighted by Crippen LogP contribution is 2.21. The van der Waals surface area contributed by atoms with Crippen LogP contribution in [-0.4, -0.2) is 35.9 Å². The van der Waals surface area contributed by atoms with Crippen molar-refractivity contribution in [3.8, 4) is 0 Å². The number of fused-ring (bicyclic) bond motifs is 1. The van der Waals surface area contributed by atoms with Crippen LogP contribution in [0.5, 0.6) is 0 Å². The fourth-order valence-corrected chi connectivity index (χ4v) is 3.27. The SMILES string of the molecule is CCn1c(SCC(=O)NC(C)(C)C)nc2c1c(=O)n(C)c(=O)n2C. The van der Waals surface area contributed by atoms with E-state index in [-0.39, 0.29) is 22.8 Å². The first kappa shape index (κ1) is 18.3. The molecule has 0 atom stereocenters. The van der Waals surface area contributed by atoms with Gasteiger partial charge in [-0.2, -0.15) is 0 Å². The number of hydrogen-bond donors (Lipinski definition) is 1. The average Bonchev–Trinajstić information content (AvgIpc) is 2.85. The van der Waals surface area contributed by atoms with Gasteiger partial charge in [0.05, 0.1) is 5.75 Å². The molecule has 0 saturated carbocycles. The second kappa shape index (κ2) is 6.46. The number of nitrogens with zero attached hydrogens (tertiary/aromatic N) is 4. The average molecular weight is 353 g/mol. The lowest BCUT2D eigenvalue weighted by molar-refractivity contribution is -0.119. The number of thioether (sulfide) groups is 1. The number of carbonyl (C=O) groups is 1. The van der Waals surface area contributed by atoms with E-state index in [0.717, 1.165) is 4.57 Å². The molecule has 132 valence electrons. The fraction of sp³-hybridized carbons (Fsp3) is 0.600. The van der Waals surface area contributed by atoms with Crippen molar-refractivity contribution in [2.75, 3.05) is 5.75 Å². The number of aromatic nitrogens is 4. The Labute approximate surface area is 143 Å². The van der Waals surface area contributed by atoms with E-state index < -0.39 is 5.69 Å². The van der Waals surface area contributed by atoms with Gasteiger partial charge in [-0.15, -0.1) is 0 Å². The lowest BCUT2D eigenvalue weighted by Gasteiger charge is -2.20. The van der Waals surface area contributed by atoms with Gasteiger partial charge in [0.2, 0.25) is 5.91 Å².